The minimum Gasteiger partial charge on any atom is -0.465 e. The van der Waals surface area contributed by atoms with Gasteiger partial charge in [0, 0.05) is 6.92 Å². The highest BCUT2D eigenvalue weighted by Gasteiger charge is 2.38. The van der Waals surface area contributed by atoms with Crippen LogP contribution in [0.1, 0.15) is 20.1 Å². The number of aromatic nitrogens is 3. The summed E-state index contributed by atoms with van der Waals surface area (Å²) in [5.41, 5.74) is 0. The van der Waals surface area contributed by atoms with E-state index in [1.54, 1.807) is 0 Å². The number of carbonyl (C=O) groups is 1. The lowest BCUT2D eigenvalue weighted by atomic mass is 10.0. The van der Waals surface area contributed by atoms with Crippen LogP contribution in [0.25, 0.3) is 0 Å². The first-order chi connectivity index (χ1) is 11.4. The molecule has 0 aliphatic heterocycles. The summed E-state index contributed by atoms with van der Waals surface area (Å²) in [6.07, 6.45) is -2.82. The van der Waals surface area contributed by atoms with Crippen molar-refractivity contribution in [1.29, 1.82) is 0 Å². The number of rotatable bonds is 7. The molecule has 1 heterocycles. The van der Waals surface area contributed by atoms with Crippen molar-refractivity contribution in [1.82, 2.24) is 14.8 Å². The van der Waals surface area contributed by atoms with Gasteiger partial charge in [0.05, 0.1) is 5.92 Å². The van der Waals surface area contributed by atoms with Gasteiger partial charge in [0.1, 0.15) is 24.2 Å². The van der Waals surface area contributed by atoms with Crippen molar-refractivity contribution in [2.45, 2.75) is 32.6 Å². The maximum Gasteiger partial charge on any atom is 0.303 e. The highest BCUT2D eigenvalue weighted by molar-refractivity contribution is 5.66. The fourth-order valence-corrected chi connectivity index (χ4v) is 2.03. The Bertz CT molecular complexity index is 650. The highest BCUT2D eigenvalue weighted by atomic mass is 19.3. The summed E-state index contributed by atoms with van der Waals surface area (Å²) >= 11 is 0. The third-order valence-corrected chi connectivity index (χ3v) is 3.27. The van der Waals surface area contributed by atoms with Gasteiger partial charge in [0.15, 0.2) is 6.10 Å². The van der Waals surface area contributed by atoms with Crippen LogP contribution in [-0.2, 0) is 9.53 Å². The molecular formula is C15H16F3N3O3. The van der Waals surface area contributed by atoms with Gasteiger partial charge in [0.25, 0.3) is 0 Å². The Morgan fingerprint density at radius 3 is 2.42 bits per heavy atom. The summed E-state index contributed by atoms with van der Waals surface area (Å²) in [6, 6.07) is 4.98. The molecule has 0 aliphatic rings. The molecule has 0 saturated heterocycles. The molecule has 6 nitrogen and oxygen atoms in total. The summed E-state index contributed by atoms with van der Waals surface area (Å²) < 4.78 is 51.2. The number of benzene rings is 1. The zero-order valence-corrected chi connectivity index (χ0v) is 13.0. The lowest BCUT2D eigenvalue weighted by Gasteiger charge is -2.30. The molecule has 130 valence electrons. The smallest absolute Gasteiger partial charge is 0.303 e. The molecule has 0 radical (unpaired) electrons. The van der Waals surface area contributed by atoms with Gasteiger partial charge in [-0.1, -0.05) is 6.92 Å². The van der Waals surface area contributed by atoms with Crippen LogP contribution < -0.4 is 4.74 Å². The molecule has 0 N–H and O–H groups in total. The number of esters is 1. The third kappa shape index (κ3) is 4.46. The number of carbonyl (C=O) groups excluding carboxylic acids is 1. The van der Waals surface area contributed by atoms with Crippen LogP contribution in [-0.4, -0.2) is 33.3 Å². The van der Waals surface area contributed by atoms with Crippen molar-refractivity contribution in [2.75, 3.05) is 0 Å². The molecule has 9 heteroatoms. The number of nitrogens with zero attached hydrogens (tertiary/aromatic N) is 3. The minimum absolute atomic E-state index is 0.204. The van der Waals surface area contributed by atoms with Gasteiger partial charge in [-0.25, -0.2) is 22.8 Å². The molecule has 2 rings (SSSR count). The van der Waals surface area contributed by atoms with Crippen LogP contribution >= 0.6 is 0 Å². The molecule has 0 fully saturated rings. The number of hydrogen-bond donors (Lipinski definition) is 0. The predicted molar refractivity (Wildman–Crippen MR) is 76.8 cm³/mol. The van der Waals surface area contributed by atoms with Crippen molar-refractivity contribution >= 4 is 5.97 Å². The Labute approximate surface area is 136 Å². The second-order valence-corrected chi connectivity index (χ2v) is 5.11. The summed E-state index contributed by atoms with van der Waals surface area (Å²) in [6.45, 7) is 2.34. The van der Waals surface area contributed by atoms with E-state index in [0.29, 0.717) is 0 Å². The average Bonchev–Trinajstić information content (AvgIpc) is 3.05. The van der Waals surface area contributed by atoms with Crippen molar-refractivity contribution in [3.05, 3.63) is 42.7 Å². The predicted octanol–water partition coefficient (Wildman–Crippen LogP) is 2.83. The van der Waals surface area contributed by atoms with E-state index in [1.807, 2.05) is 0 Å². The molecule has 0 bridgehead atoms. The molecule has 3 atom stereocenters. The number of hydrogen-bond acceptors (Lipinski definition) is 5. The molecule has 1 aromatic carbocycles. The minimum atomic E-state index is -2.75. The molecule has 0 saturated carbocycles. The van der Waals surface area contributed by atoms with Gasteiger partial charge < -0.3 is 9.47 Å². The largest absolute Gasteiger partial charge is 0.465 e. The van der Waals surface area contributed by atoms with E-state index in [2.05, 4.69) is 10.1 Å². The molecule has 0 spiro atoms. The Kier molecular flexibility index (Phi) is 5.78. The SMILES string of the molecule is CC(=O)OC(C(C)C(F)F)C(Oc1ccc(F)cc1)n1cncn1. The zero-order valence-electron chi connectivity index (χ0n) is 13.0. The maximum absolute atomic E-state index is 13.2. The van der Waals surface area contributed by atoms with Crippen LogP contribution in [0.4, 0.5) is 13.2 Å². The normalized spacial score (nSPS) is 14.9. The first-order valence-electron chi connectivity index (χ1n) is 7.10. The second-order valence-electron chi connectivity index (χ2n) is 5.11. The zero-order chi connectivity index (χ0) is 17.7. The molecule has 3 unspecified atom stereocenters. The summed E-state index contributed by atoms with van der Waals surface area (Å²) in [4.78, 5) is 15.1. The molecular weight excluding hydrogens is 327 g/mol. The van der Waals surface area contributed by atoms with Crippen LogP contribution in [0.5, 0.6) is 5.75 Å². The van der Waals surface area contributed by atoms with Crippen molar-refractivity contribution in [2.24, 2.45) is 5.92 Å². The van der Waals surface area contributed by atoms with Crippen LogP contribution in [0.3, 0.4) is 0 Å². The number of ether oxygens (including phenoxy) is 2. The summed E-state index contributed by atoms with van der Waals surface area (Å²) in [5.74, 6) is -2.34. The fraction of sp³-hybridized carbons (Fsp3) is 0.400. The Morgan fingerprint density at radius 1 is 1.25 bits per heavy atom. The van der Waals surface area contributed by atoms with Gasteiger partial charge in [-0.3, -0.25) is 4.79 Å². The fourth-order valence-electron chi connectivity index (χ4n) is 2.03. The van der Waals surface area contributed by atoms with Gasteiger partial charge >= 0.3 is 5.97 Å². The molecule has 24 heavy (non-hydrogen) atoms. The molecule has 2 aromatic rings. The molecule has 0 aliphatic carbocycles. The van der Waals surface area contributed by atoms with E-state index in [1.165, 1.54) is 31.7 Å². The van der Waals surface area contributed by atoms with E-state index in [0.717, 1.165) is 23.7 Å². The number of halogens is 3. The standard InChI is InChI=1S/C15H16F3N3O3/c1-9(14(17)18)13(23-10(2)22)15(21-8-19-7-20-21)24-12-5-3-11(16)4-6-12/h3-9,13-15H,1-2H3. The van der Waals surface area contributed by atoms with E-state index < -0.39 is 36.5 Å². The van der Waals surface area contributed by atoms with Crippen molar-refractivity contribution in [3.8, 4) is 5.75 Å². The van der Waals surface area contributed by atoms with Gasteiger partial charge in [-0.2, -0.15) is 5.10 Å². The molecule has 1 aromatic heterocycles. The van der Waals surface area contributed by atoms with Gasteiger partial charge in [0.2, 0.25) is 12.7 Å². The Morgan fingerprint density at radius 2 is 1.92 bits per heavy atom. The second kappa shape index (κ2) is 7.80. The van der Waals surface area contributed by atoms with E-state index in [4.69, 9.17) is 9.47 Å². The molecule has 0 amide bonds. The monoisotopic (exact) mass is 343 g/mol. The van der Waals surface area contributed by atoms with Gasteiger partial charge in [-0.05, 0) is 24.3 Å². The quantitative estimate of drug-likeness (QED) is 0.723. The topological polar surface area (TPSA) is 66.2 Å². The van der Waals surface area contributed by atoms with Crippen molar-refractivity contribution < 1.29 is 27.4 Å². The Hall–Kier alpha value is -2.58. The van der Waals surface area contributed by atoms with E-state index in [9.17, 15) is 18.0 Å². The lowest BCUT2D eigenvalue weighted by Crippen LogP contribution is -2.40. The summed E-state index contributed by atoms with van der Waals surface area (Å²) in [7, 11) is 0. The van der Waals surface area contributed by atoms with Gasteiger partial charge in [-0.15, -0.1) is 0 Å². The van der Waals surface area contributed by atoms with Crippen LogP contribution in [0.2, 0.25) is 0 Å². The third-order valence-electron chi connectivity index (χ3n) is 3.27. The maximum atomic E-state index is 13.2. The van der Waals surface area contributed by atoms with E-state index in [-0.39, 0.29) is 5.75 Å². The van der Waals surface area contributed by atoms with E-state index >= 15 is 0 Å². The first kappa shape index (κ1) is 17.8. The van der Waals surface area contributed by atoms with Crippen molar-refractivity contribution in [3.63, 3.8) is 0 Å². The lowest BCUT2D eigenvalue weighted by molar-refractivity contribution is -0.166. The van der Waals surface area contributed by atoms with Crippen LogP contribution in [0, 0.1) is 11.7 Å². The number of alkyl halides is 2. The first-order valence-corrected chi connectivity index (χ1v) is 7.10. The Balaban J connectivity index is 2.35. The van der Waals surface area contributed by atoms with Crippen LogP contribution in [0.15, 0.2) is 36.9 Å². The summed E-state index contributed by atoms with van der Waals surface area (Å²) in [5, 5.41) is 3.87. The highest BCUT2D eigenvalue weighted by Crippen LogP contribution is 2.29. The average molecular weight is 343 g/mol.